The van der Waals surface area contributed by atoms with Crippen LogP contribution in [-0.2, 0) is 38.0 Å². The third-order valence-electron chi connectivity index (χ3n) is 14.0. The van der Waals surface area contributed by atoms with Gasteiger partial charge in [0.1, 0.15) is 11.2 Å². The molecule has 7 rings (SSSR count). The van der Waals surface area contributed by atoms with Crippen molar-refractivity contribution < 1.29 is 53.0 Å². The zero-order valence-electron chi connectivity index (χ0n) is 29.9. The monoisotopic (exact) mass is 700 g/mol. The van der Waals surface area contributed by atoms with Crippen molar-refractivity contribution in [3.8, 4) is 0 Å². The Bertz CT molecular complexity index is 1510. The number of esters is 2. The standard InChI is InChI=1S/C37H52N2O11/c1-7-39-18-34(19-50-32(42)20-10-8-9-11-23(20)38-26(40)12-13-27(41)47-4)15-14-25(46-3)36-22-16-21-24(45-2)17-35(43,28(22)29(21)48-5)37(44,33(36)39)31(49-6)30(34)36/h8-11,21-22,24-25,28-31,33,43-44H,7,12-19H2,1-6H3,(H,38,40)/t21?,22-,24+,25+,28-,29+,30-,31+,33?,34+,35-,36?,37?/m1/s1. The summed E-state index contributed by atoms with van der Waals surface area (Å²) in [5.41, 5.74) is -4.06. The topological polar surface area (TPSA) is 162 Å². The molecule has 13 heteroatoms. The second kappa shape index (κ2) is 12.8. The fraction of sp³-hybridized carbons (Fsp3) is 0.757. The molecule has 5 aliphatic carbocycles. The largest absolute Gasteiger partial charge is 0.469 e. The molecule has 1 amide bonds. The Balaban J connectivity index is 1.27. The van der Waals surface area contributed by atoms with Crippen LogP contribution in [0.15, 0.2) is 24.3 Å². The van der Waals surface area contributed by atoms with Crippen molar-refractivity contribution in [3.63, 3.8) is 0 Å². The van der Waals surface area contributed by atoms with Crippen LogP contribution in [0.2, 0.25) is 0 Å². The van der Waals surface area contributed by atoms with Crippen LogP contribution in [0.4, 0.5) is 5.69 Å². The van der Waals surface area contributed by atoms with Gasteiger partial charge in [-0.25, -0.2) is 4.79 Å². The maximum Gasteiger partial charge on any atom is 0.340 e. The molecule has 6 fully saturated rings. The number of likely N-dealkylation sites (tertiary alicyclic amines) is 1. The molecule has 1 saturated heterocycles. The van der Waals surface area contributed by atoms with Gasteiger partial charge in [0.05, 0.1) is 61.8 Å². The Hall–Kier alpha value is -2.65. The summed E-state index contributed by atoms with van der Waals surface area (Å²) in [6, 6.07) is 6.17. The van der Waals surface area contributed by atoms with E-state index in [1.54, 1.807) is 52.7 Å². The summed E-state index contributed by atoms with van der Waals surface area (Å²) in [5.74, 6) is -2.23. The van der Waals surface area contributed by atoms with Crippen LogP contribution < -0.4 is 5.32 Å². The molecule has 0 aromatic heterocycles. The van der Waals surface area contributed by atoms with Crippen molar-refractivity contribution >= 4 is 23.5 Å². The maximum atomic E-state index is 13.9. The number of hydrogen-bond donors (Lipinski definition) is 3. The first-order chi connectivity index (χ1) is 24.0. The minimum absolute atomic E-state index is 0.0420. The number of carbonyl (C=O) groups excluding carboxylic acids is 3. The van der Waals surface area contributed by atoms with Crippen LogP contribution in [0.3, 0.4) is 0 Å². The molecule has 13 atom stereocenters. The second-order valence-corrected chi connectivity index (χ2v) is 15.4. The smallest absolute Gasteiger partial charge is 0.340 e. The van der Waals surface area contributed by atoms with Gasteiger partial charge in [-0.05, 0) is 43.9 Å². The lowest BCUT2D eigenvalue weighted by Gasteiger charge is -2.70. The van der Waals surface area contributed by atoms with E-state index in [9.17, 15) is 24.6 Å². The molecule has 0 radical (unpaired) electrons. The zero-order valence-corrected chi connectivity index (χ0v) is 29.9. The highest BCUT2D eigenvalue weighted by Crippen LogP contribution is 2.80. The number of para-hydroxylation sites is 1. The van der Waals surface area contributed by atoms with Gasteiger partial charge in [0.2, 0.25) is 5.91 Å². The van der Waals surface area contributed by atoms with Crippen molar-refractivity contribution in [2.24, 2.45) is 34.5 Å². The van der Waals surface area contributed by atoms with Gasteiger partial charge in [-0.3, -0.25) is 14.5 Å². The average molecular weight is 701 g/mol. The predicted molar refractivity (Wildman–Crippen MR) is 178 cm³/mol. The molecule has 3 N–H and O–H groups in total. The summed E-state index contributed by atoms with van der Waals surface area (Å²) in [5, 5.41) is 29.3. The number of carbonyl (C=O) groups is 3. The highest BCUT2D eigenvalue weighted by atomic mass is 16.5. The molecule has 7 bridgehead atoms. The maximum absolute atomic E-state index is 13.9. The summed E-state index contributed by atoms with van der Waals surface area (Å²) >= 11 is 0. The van der Waals surface area contributed by atoms with E-state index in [2.05, 4.69) is 21.9 Å². The highest BCUT2D eigenvalue weighted by Gasteiger charge is 2.91. The lowest BCUT2D eigenvalue weighted by Crippen LogP contribution is -2.82. The fourth-order valence-corrected chi connectivity index (χ4v) is 12.6. The minimum Gasteiger partial charge on any atom is -0.469 e. The molecule has 1 aromatic carbocycles. The number of aliphatic hydroxyl groups is 2. The Morgan fingerprint density at radius 2 is 1.76 bits per heavy atom. The fourth-order valence-electron chi connectivity index (χ4n) is 12.6. The third-order valence-corrected chi connectivity index (χ3v) is 14.0. The van der Waals surface area contributed by atoms with E-state index in [1.807, 2.05) is 0 Å². The van der Waals surface area contributed by atoms with Gasteiger partial charge in [0.15, 0.2) is 0 Å². The molecule has 1 heterocycles. The average Bonchev–Trinajstić information content (AvgIpc) is 3.54. The van der Waals surface area contributed by atoms with Crippen molar-refractivity contribution in [1.29, 1.82) is 0 Å². The van der Waals surface area contributed by atoms with Crippen LogP contribution >= 0.6 is 0 Å². The Labute approximate surface area is 293 Å². The lowest BCUT2D eigenvalue weighted by molar-refractivity contribution is -0.320. The summed E-state index contributed by atoms with van der Waals surface area (Å²) in [6.07, 6.45) is 0.548. The number of fused-ring (bicyclic) bond motifs is 2. The molecular formula is C37H52N2O11. The van der Waals surface area contributed by atoms with E-state index in [-0.39, 0.29) is 79.1 Å². The number of rotatable bonds is 12. The number of nitrogens with zero attached hydrogens (tertiary/aromatic N) is 1. The Morgan fingerprint density at radius 1 is 1.00 bits per heavy atom. The van der Waals surface area contributed by atoms with Crippen molar-refractivity contribution in [1.82, 2.24) is 4.90 Å². The van der Waals surface area contributed by atoms with E-state index < -0.39 is 52.0 Å². The number of amides is 1. The number of piperidine rings is 1. The summed E-state index contributed by atoms with van der Waals surface area (Å²) in [7, 11) is 7.95. The van der Waals surface area contributed by atoms with Crippen molar-refractivity contribution in [2.75, 3.05) is 60.6 Å². The van der Waals surface area contributed by atoms with Crippen LogP contribution in [0.1, 0.15) is 55.8 Å². The van der Waals surface area contributed by atoms with Crippen LogP contribution in [0, 0.1) is 34.5 Å². The molecular weight excluding hydrogens is 648 g/mol. The van der Waals surface area contributed by atoms with Crippen molar-refractivity contribution in [3.05, 3.63) is 29.8 Å². The SMILES string of the molecule is CCN1C[C@]2(COC(=O)c3ccccc3NC(=O)CCC(=O)OC)CC[C@H](OC)C34C1C(O)([C@@H](OC)[C@@H]32)[C@@]1(O)C[C@H](OC)C2C[C@@H]4[C@@H]1[C@H]2OC. The van der Waals surface area contributed by atoms with Crippen LogP contribution in [0.5, 0.6) is 0 Å². The highest BCUT2D eigenvalue weighted by molar-refractivity contribution is 6.01. The summed E-state index contributed by atoms with van der Waals surface area (Å²) in [6.45, 7) is 3.25. The first kappa shape index (κ1) is 35.7. The number of likely N-dealkylation sites (N-methyl/N-ethyl adjacent to an activating group) is 1. The third kappa shape index (κ3) is 4.53. The van der Waals surface area contributed by atoms with Gasteiger partial charge in [-0.15, -0.1) is 0 Å². The molecule has 6 aliphatic rings. The molecule has 1 aromatic rings. The molecule has 13 nitrogen and oxygen atoms in total. The summed E-state index contributed by atoms with van der Waals surface area (Å²) < 4.78 is 35.9. The van der Waals surface area contributed by atoms with E-state index in [0.717, 1.165) is 6.42 Å². The number of benzene rings is 1. The Morgan fingerprint density at radius 3 is 2.42 bits per heavy atom. The first-order valence-electron chi connectivity index (χ1n) is 17.9. The lowest BCUT2D eigenvalue weighted by atomic mass is 9.42. The van der Waals surface area contributed by atoms with Gasteiger partial charge < -0.3 is 44.0 Å². The summed E-state index contributed by atoms with van der Waals surface area (Å²) in [4.78, 5) is 40.5. The molecule has 276 valence electrons. The number of methoxy groups -OCH3 is 5. The minimum atomic E-state index is -1.69. The van der Waals surface area contributed by atoms with Crippen molar-refractivity contribution in [2.45, 2.75) is 87.1 Å². The van der Waals surface area contributed by atoms with Gasteiger partial charge in [-0.1, -0.05) is 19.1 Å². The quantitative estimate of drug-likeness (QED) is 0.273. The number of ether oxygens (including phenoxy) is 6. The predicted octanol–water partition coefficient (Wildman–Crippen LogP) is 2.03. The van der Waals surface area contributed by atoms with Gasteiger partial charge in [0, 0.05) is 76.4 Å². The van der Waals surface area contributed by atoms with E-state index in [4.69, 9.17) is 23.7 Å². The number of anilines is 1. The molecule has 1 aliphatic heterocycles. The first-order valence-corrected chi connectivity index (χ1v) is 17.9. The molecule has 1 spiro atoms. The number of hydrogen-bond acceptors (Lipinski definition) is 12. The number of nitrogens with one attached hydrogen (secondary N) is 1. The normalized spacial score (nSPS) is 43.7. The van der Waals surface area contributed by atoms with Gasteiger partial charge >= 0.3 is 11.9 Å². The molecule has 4 unspecified atom stereocenters. The van der Waals surface area contributed by atoms with Gasteiger partial charge in [-0.2, -0.15) is 0 Å². The van der Waals surface area contributed by atoms with Gasteiger partial charge in [0.25, 0.3) is 0 Å². The van der Waals surface area contributed by atoms with E-state index >= 15 is 0 Å². The zero-order chi connectivity index (χ0) is 35.8. The van der Waals surface area contributed by atoms with E-state index in [1.165, 1.54) is 7.11 Å². The van der Waals surface area contributed by atoms with Crippen LogP contribution in [-0.4, -0.2) is 130 Å². The van der Waals surface area contributed by atoms with E-state index in [0.29, 0.717) is 25.9 Å². The van der Waals surface area contributed by atoms with Crippen LogP contribution in [0.25, 0.3) is 0 Å². The Kier molecular flexibility index (Phi) is 9.14. The molecule has 5 saturated carbocycles. The molecule has 50 heavy (non-hydrogen) atoms. The second-order valence-electron chi connectivity index (χ2n) is 15.4.